The minimum absolute atomic E-state index is 0.0668. The zero-order valence-electron chi connectivity index (χ0n) is 14.7. The van der Waals surface area contributed by atoms with Crippen molar-refractivity contribution < 1.29 is 13.6 Å². The Kier molecular flexibility index (Phi) is 3.24. The standard InChI is InChI=1S/C16H19Cl2NO2/c1-19-10-4-6-14(19)15(16(20)21-2)11(8-10)9-3-5-12(17)13(18)7-9/h3,5,7,10-11,14-15H,4,6,8H2,1-2H3/t10-,11+,14+,15-/m0/s1/i1T3. The Hall–Kier alpha value is -0.770. The first kappa shape index (κ1) is 11.8. The highest BCUT2D eigenvalue weighted by Crippen LogP contribution is 2.47. The van der Waals surface area contributed by atoms with Crippen LogP contribution in [0.4, 0.5) is 0 Å². The second kappa shape index (κ2) is 5.79. The van der Waals surface area contributed by atoms with E-state index in [1.54, 1.807) is 12.1 Å². The first-order chi connectivity index (χ1) is 11.2. The van der Waals surface area contributed by atoms with Crippen molar-refractivity contribution in [2.24, 2.45) is 5.92 Å². The molecule has 2 aliphatic rings. The average Bonchev–Trinajstić information content (AvgIpc) is 2.84. The van der Waals surface area contributed by atoms with Gasteiger partial charge in [0.2, 0.25) is 0 Å². The molecule has 2 aliphatic heterocycles. The first-order valence-electron chi connectivity index (χ1n) is 8.55. The van der Waals surface area contributed by atoms with Crippen LogP contribution < -0.4 is 0 Å². The number of hydrogen-bond acceptors (Lipinski definition) is 3. The number of hydrogen-bond donors (Lipinski definition) is 0. The van der Waals surface area contributed by atoms with Crippen molar-refractivity contribution in [1.29, 1.82) is 0 Å². The van der Waals surface area contributed by atoms with E-state index in [9.17, 15) is 4.79 Å². The molecule has 3 nitrogen and oxygen atoms in total. The number of ether oxygens (including phenoxy) is 1. The second-order valence-electron chi connectivity index (χ2n) is 5.77. The molecule has 4 atom stereocenters. The van der Waals surface area contributed by atoms with Crippen LogP contribution in [0, 0.1) is 5.92 Å². The summed E-state index contributed by atoms with van der Waals surface area (Å²) in [6.45, 7) is -2.21. The first-order valence-corrected chi connectivity index (χ1v) is 7.81. The molecule has 0 unspecified atom stereocenters. The molecule has 0 spiro atoms. The van der Waals surface area contributed by atoms with E-state index in [2.05, 4.69) is 0 Å². The van der Waals surface area contributed by atoms with Crippen molar-refractivity contribution >= 4 is 29.2 Å². The number of carbonyl (C=O) groups excluding carboxylic acids is 1. The van der Waals surface area contributed by atoms with E-state index in [0.29, 0.717) is 22.9 Å². The van der Waals surface area contributed by atoms with Crippen LogP contribution in [-0.2, 0) is 9.53 Å². The van der Waals surface area contributed by atoms with Gasteiger partial charge in [-0.1, -0.05) is 29.3 Å². The molecule has 2 fully saturated rings. The van der Waals surface area contributed by atoms with Gasteiger partial charge in [0.15, 0.2) is 0 Å². The molecule has 21 heavy (non-hydrogen) atoms. The summed E-state index contributed by atoms with van der Waals surface area (Å²) in [7, 11) is 1.34. The highest BCUT2D eigenvalue weighted by Gasteiger charge is 2.49. The smallest absolute Gasteiger partial charge is 0.310 e. The molecule has 0 saturated carbocycles. The number of benzene rings is 1. The third-order valence-electron chi connectivity index (χ3n) is 4.77. The summed E-state index contributed by atoms with van der Waals surface area (Å²) >= 11 is 12.1. The third kappa shape index (κ3) is 2.56. The van der Waals surface area contributed by atoms with Crippen molar-refractivity contribution in [2.45, 2.75) is 37.3 Å². The zero-order valence-corrected chi connectivity index (χ0v) is 13.2. The van der Waals surface area contributed by atoms with Gasteiger partial charge in [-0.3, -0.25) is 9.69 Å². The summed E-state index contributed by atoms with van der Waals surface area (Å²) in [4.78, 5) is 14.0. The lowest BCUT2D eigenvalue weighted by atomic mass is 9.76. The average molecular weight is 334 g/mol. The van der Waals surface area contributed by atoms with Crippen molar-refractivity contribution in [3.63, 3.8) is 0 Å². The lowest BCUT2D eigenvalue weighted by Gasteiger charge is -2.41. The van der Waals surface area contributed by atoms with Crippen LogP contribution in [0.3, 0.4) is 0 Å². The number of fused-ring (bicyclic) bond motifs is 2. The number of carbonyl (C=O) groups is 1. The van der Waals surface area contributed by atoms with E-state index in [1.165, 1.54) is 12.0 Å². The third-order valence-corrected chi connectivity index (χ3v) is 5.50. The Morgan fingerprint density at radius 3 is 2.86 bits per heavy atom. The fraction of sp³-hybridized carbons (Fsp3) is 0.562. The van der Waals surface area contributed by atoms with Crippen molar-refractivity contribution in [1.82, 2.24) is 4.90 Å². The molecule has 2 bridgehead atoms. The molecule has 5 heteroatoms. The van der Waals surface area contributed by atoms with Gasteiger partial charge in [0.1, 0.15) is 0 Å². The van der Waals surface area contributed by atoms with Crippen molar-refractivity contribution in [3.05, 3.63) is 33.8 Å². The van der Waals surface area contributed by atoms with Crippen LogP contribution in [0.2, 0.25) is 10.0 Å². The number of nitrogens with zero attached hydrogens (tertiary/aromatic N) is 1. The van der Waals surface area contributed by atoms with Gasteiger partial charge in [0.05, 0.1) is 23.1 Å². The fourth-order valence-electron chi connectivity index (χ4n) is 3.75. The molecule has 0 amide bonds. The van der Waals surface area contributed by atoms with Gasteiger partial charge in [-0.25, -0.2) is 0 Å². The van der Waals surface area contributed by atoms with Gasteiger partial charge < -0.3 is 4.74 Å². The quantitative estimate of drug-likeness (QED) is 0.772. The van der Waals surface area contributed by atoms with E-state index in [1.807, 2.05) is 6.07 Å². The molecular formula is C16H19Cl2NO2. The lowest BCUT2D eigenvalue weighted by Crippen LogP contribution is -2.49. The maximum absolute atomic E-state index is 12.5. The van der Waals surface area contributed by atoms with E-state index in [0.717, 1.165) is 12.0 Å². The molecule has 1 aromatic carbocycles. The van der Waals surface area contributed by atoms with Gasteiger partial charge in [-0.15, -0.1) is 0 Å². The van der Waals surface area contributed by atoms with Crippen LogP contribution in [-0.4, -0.2) is 37.0 Å². The number of piperidine rings is 1. The molecule has 2 heterocycles. The summed E-state index contributed by atoms with van der Waals surface area (Å²) in [5.74, 6) is -1.01. The number of methoxy groups -OCH3 is 1. The minimum atomic E-state index is -2.21. The molecule has 0 radical (unpaired) electrons. The van der Waals surface area contributed by atoms with E-state index in [4.69, 9.17) is 32.1 Å². The normalized spacial score (nSPS) is 34.9. The maximum Gasteiger partial charge on any atom is 0.310 e. The van der Waals surface area contributed by atoms with Crippen molar-refractivity contribution in [3.8, 4) is 0 Å². The summed E-state index contributed by atoms with van der Waals surface area (Å²) in [5, 5.41) is 0.890. The predicted octanol–water partition coefficient (Wildman–Crippen LogP) is 3.73. The topological polar surface area (TPSA) is 29.5 Å². The minimum Gasteiger partial charge on any atom is -0.469 e. The highest BCUT2D eigenvalue weighted by molar-refractivity contribution is 6.42. The van der Waals surface area contributed by atoms with Crippen LogP contribution in [0.25, 0.3) is 0 Å². The zero-order chi connectivity index (χ0) is 17.6. The summed E-state index contributed by atoms with van der Waals surface area (Å²) in [6, 6.07) is 4.94. The van der Waals surface area contributed by atoms with Crippen LogP contribution in [0.5, 0.6) is 0 Å². The van der Waals surface area contributed by atoms with Crippen LogP contribution in [0.15, 0.2) is 18.2 Å². The Labute approximate surface area is 139 Å². The second-order valence-corrected chi connectivity index (χ2v) is 6.58. The molecule has 0 N–H and O–H groups in total. The highest BCUT2D eigenvalue weighted by atomic mass is 35.5. The summed E-state index contributed by atoms with van der Waals surface area (Å²) < 4.78 is 28.4. The number of rotatable bonds is 2. The van der Waals surface area contributed by atoms with Gasteiger partial charge in [-0.2, -0.15) is 0 Å². The largest absolute Gasteiger partial charge is 0.469 e. The Morgan fingerprint density at radius 2 is 2.19 bits per heavy atom. The lowest BCUT2D eigenvalue weighted by molar-refractivity contribution is -0.150. The number of esters is 1. The molecule has 0 aliphatic carbocycles. The summed E-state index contributed by atoms with van der Waals surface area (Å²) in [5.41, 5.74) is 0.905. The van der Waals surface area contributed by atoms with Gasteiger partial charge in [0, 0.05) is 22.1 Å². The molecular weight excluding hydrogens is 309 g/mol. The van der Waals surface area contributed by atoms with E-state index in [-0.39, 0.29) is 24.0 Å². The molecule has 1 aromatic rings. The monoisotopic (exact) mass is 333 g/mol. The Bertz CT molecular complexity index is 653. The van der Waals surface area contributed by atoms with E-state index < -0.39 is 12.9 Å². The van der Waals surface area contributed by atoms with Crippen LogP contribution >= 0.6 is 23.2 Å². The number of halogens is 2. The predicted molar refractivity (Wildman–Crippen MR) is 83.9 cm³/mol. The van der Waals surface area contributed by atoms with E-state index >= 15 is 0 Å². The van der Waals surface area contributed by atoms with Gasteiger partial charge in [0.25, 0.3) is 0 Å². The van der Waals surface area contributed by atoms with Gasteiger partial charge >= 0.3 is 5.97 Å². The van der Waals surface area contributed by atoms with Gasteiger partial charge in [-0.05, 0) is 43.9 Å². The Balaban J connectivity index is 2.01. The maximum atomic E-state index is 12.5. The molecule has 3 rings (SSSR count). The Morgan fingerprint density at radius 1 is 1.38 bits per heavy atom. The molecule has 114 valence electrons. The van der Waals surface area contributed by atoms with Crippen molar-refractivity contribution in [2.75, 3.05) is 14.1 Å². The fourth-order valence-corrected chi connectivity index (χ4v) is 4.05. The summed E-state index contributed by atoms with van der Waals surface area (Å²) in [6.07, 6.45) is 2.04. The van der Waals surface area contributed by atoms with Crippen LogP contribution in [0.1, 0.15) is 34.9 Å². The molecule has 2 saturated heterocycles. The SMILES string of the molecule is [3H]C([3H])([3H])N1[C@H]2CC[C@@H]1[C@@H](C(=O)OC)[C@@H](c1ccc(Cl)c(Cl)c1)C2. The molecule has 0 aromatic heterocycles.